The summed E-state index contributed by atoms with van der Waals surface area (Å²) in [5.41, 5.74) is 4.02. The molecule has 0 bridgehead atoms. The number of hydrogen-bond donors (Lipinski definition) is 1. The molecule has 0 aliphatic rings. The van der Waals surface area contributed by atoms with Gasteiger partial charge in [-0.3, -0.25) is 14.2 Å². The van der Waals surface area contributed by atoms with Gasteiger partial charge in [-0.2, -0.15) is 0 Å². The van der Waals surface area contributed by atoms with Crippen molar-refractivity contribution in [3.63, 3.8) is 0 Å². The smallest absolute Gasteiger partial charge is 0.276 e. The van der Waals surface area contributed by atoms with Gasteiger partial charge >= 0.3 is 0 Å². The quantitative estimate of drug-likeness (QED) is 0.560. The summed E-state index contributed by atoms with van der Waals surface area (Å²) in [6.45, 7) is 2.52. The number of fused-ring (bicyclic) bond motifs is 3. The lowest BCUT2D eigenvalue weighted by molar-refractivity contribution is -0.116. The zero-order valence-corrected chi connectivity index (χ0v) is 15.8. The lowest BCUT2D eigenvalue weighted by atomic mass is 10.1. The van der Waals surface area contributed by atoms with E-state index < -0.39 is 0 Å². The molecule has 0 atom stereocenters. The predicted molar refractivity (Wildman–Crippen MR) is 111 cm³/mol. The maximum Gasteiger partial charge on any atom is 0.276 e. The van der Waals surface area contributed by atoms with Gasteiger partial charge in [0, 0.05) is 31.0 Å². The minimum Gasteiger partial charge on any atom is -0.326 e. The lowest BCUT2D eigenvalue weighted by Gasteiger charge is -2.12. The molecule has 3 heterocycles. The highest BCUT2D eigenvalue weighted by Crippen LogP contribution is 2.14. The van der Waals surface area contributed by atoms with Crippen molar-refractivity contribution in [2.75, 3.05) is 5.32 Å². The zero-order chi connectivity index (χ0) is 19.5. The van der Waals surface area contributed by atoms with Crippen molar-refractivity contribution in [1.29, 1.82) is 0 Å². The Labute approximate surface area is 162 Å². The van der Waals surface area contributed by atoms with Crippen molar-refractivity contribution in [2.24, 2.45) is 0 Å². The summed E-state index contributed by atoms with van der Waals surface area (Å²) in [6.07, 6.45) is 5.37. The van der Waals surface area contributed by atoms with E-state index >= 15 is 0 Å². The number of hydrogen-bond acceptors (Lipinski definition) is 3. The summed E-state index contributed by atoms with van der Waals surface area (Å²) in [5.74, 6) is -0.0534. The molecule has 0 saturated carbocycles. The number of anilines is 1. The van der Waals surface area contributed by atoms with Gasteiger partial charge in [-0.05, 0) is 54.8 Å². The highest BCUT2D eigenvalue weighted by molar-refractivity contribution is 5.90. The van der Waals surface area contributed by atoms with Gasteiger partial charge in [0.05, 0.1) is 5.52 Å². The Hall–Kier alpha value is -3.41. The number of benzene rings is 1. The van der Waals surface area contributed by atoms with Crippen molar-refractivity contribution in [1.82, 2.24) is 14.0 Å². The second-order valence-electron chi connectivity index (χ2n) is 6.77. The van der Waals surface area contributed by atoms with Crippen molar-refractivity contribution in [3.05, 3.63) is 76.8 Å². The number of carbonyl (C=O) groups is 1. The molecule has 0 radical (unpaired) electrons. The van der Waals surface area contributed by atoms with Gasteiger partial charge in [-0.15, -0.1) is 0 Å². The monoisotopic (exact) mass is 374 g/mol. The first-order valence-electron chi connectivity index (χ1n) is 9.51. The third kappa shape index (κ3) is 3.41. The number of aromatic nitrogens is 3. The van der Waals surface area contributed by atoms with E-state index in [-0.39, 0.29) is 11.5 Å². The fourth-order valence-corrected chi connectivity index (χ4v) is 3.48. The van der Waals surface area contributed by atoms with Crippen molar-refractivity contribution >= 4 is 28.3 Å². The van der Waals surface area contributed by atoms with E-state index in [9.17, 15) is 9.59 Å². The fraction of sp³-hybridized carbons (Fsp3) is 0.227. The van der Waals surface area contributed by atoms with Gasteiger partial charge in [0.25, 0.3) is 5.56 Å². The van der Waals surface area contributed by atoms with Crippen LogP contribution in [0.4, 0.5) is 5.69 Å². The molecule has 1 N–H and O–H groups in total. The van der Waals surface area contributed by atoms with Gasteiger partial charge in [0.1, 0.15) is 5.52 Å². The fourth-order valence-electron chi connectivity index (χ4n) is 3.48. The Morgan fingerprint density at radius 3 is 2.82 bits per heavy atom. The summed E-state index contributed by atoms with van der Waals surface area (Å²) in [5, 5.41) is 2.93. The van der Waals surface area contributed by atoms with Crippen LogP contribution in [0.3, 0.4) is 0 Å². The highest BCUT2D eigenvalue weighted by Gasteiger charge is 2.11. The predicted octanol–water partition coefficient (Wildman–Crippen LogP) is 3.63. The van der Waals surface area contributed by atoms with Gasteiger partial charge in [-0.25, -0.2) is 4.98 Å². The second-order valence-corrected chi connectivity index (χ2v) is 6.77. The van der Waals surface area contributed by atoms with E-state index in [0.29, 0.717) is 30.6 Å². The number of pyridine rings is 1. The average molecular weight is 374 g/mol. The van der Waals surface area contributed by atoms with Crippen LogP contribution >= 0.6 is 0 Å². The Balaban J connectivity index is 1.50. The van der Waals surface area contributed by atoms with E-state index in [1.165, 1.54) is 5.56 Å². The van der Waals surface area contributed by atoms with Crippen molar-refractivity contribution in [3.8, 4) is 0 Å². The third-order valence-electron chi connectivity index (χ3n) is 4.90. The van der Waals surface area contributed by atoms with Gasteiger partial charge in [0.2, 0.25) is 5.91 Å². The van der Waals surface area contributed by atoms with Crippen LogP contribution in [0.15, 0.2) is 65.7 Å². The summed E-state index contributed by atoms with van der Waals surface area (Å²) in [4.78, 5) is 29.5. The Morgan fingerprint density at radius 2 is 1.96 bits per heavy atom. The van der Waals surface area contributed by atoms with Gasteiger partial charge in [-0.1, -0.05) is 19.1 Å². The minimum absolute atomic E-state index is 0.0534. The molecule has 4 aromatic rings. The molecule has 4 rings (SSSR count). The number of nitrogens with one attached hydrogen (secondary N) is 1. The summed E-state index contributed by atoms with van der Waals surface area (Å²) in [7, 11) is 0. The van der Waals surface area contributed by atoms with Crippen LogP contribution in [0.5, 0.6) is 0 Å². The molecule has 0 saturated heterocycles. The van der Waals surface area contributed by atoms with E-state index in [2.05, 4.69) is 17.2 Å². The molecule has 0 spiro atoms. The molecule has 0 aliphatic heterocycles. The van der Waals surface area contributed by atoms with E-state index in [4.69, 9.17) is 0 Å². The molecular weight excluding hydrogens is 352 g/mol. The van der Waals surface area contributed by atoms with E-state index in [1.54, 1.807) is 16.8 Å². The summed E-state index contributed by atoms with van der Waals surface area (Å²) < 4.78 is 3.52. The number of amides is 1. The largest absolute Gasteiger partial charge is 0.326 e. The number of carbonyl (C=O) groups excluding carboxylic acids is 1. The maximum atomic E-state index is 12.8. The second kappa shape index (κ2) is 7.68. The number of rotatable bonds is 6. The molecule has 6 nitrogen and oxygen atoms in total. The van der Waals surface area contributed by atoms with Crippen LogP contribution in [-0.2, 0) is 17.8 Å². The molecule has 1 amide bonds. The zero-order valence-electron chi connectivity index (χ0n) is 15.8. The Bertz CT molecular complexity index is 1210. The molecule has 3 aromatic heterocycles. The summed E-state index contributed by atoms with van der Waals surface area (Å²) in [6, 6.07) is 15.3. The van der Waals surface area contributed by atoms with E-state index in [1.807, 2.05) is 53.1 Å². The Kier molecular flexibility index (Phi) is 4.93. The molecular formula is C22H22N4O2. The highest BCUT2D eigenvalue weighted by atomic mass is 16.1. The molecule has 0 fully saturated rings. The Morgan fingerprint density at radius 1 is 1.11 bits per heavy atom. The topological polar surface area (TPSA) is 68.4 Å². The number of nitrogens with zero attached hydrogens (tertiary/aromatic N) is 3. The van der Waals surface area contributed by atoms with E-state index in [0.717, 1.165) is 17.6 Å². The first-order chi connectivity index (χ1) is 13.7. The molecule has 0 aliphatic carbocycles. The first-order valence-corrected chi connectivity index (χ1v) is 9.51. The van der Waals surface area contributed by atoms with Gasteiger partial charge < -0.3 is 9.72 Å². The minimum atomic E-state index is -0.0905. The normalized spacial score (nSPS) is 11.2. The standard InChI is InChI=1S/C22H22N4O2/c1-2-16-7-3-8-17(15-16)24-20(27)11-6-14-26-21-18(9-4-12-23-21)25-13-5-10-19(25)22(26)28/h3-5,7-10,12-13,15H,2,6,11,14H2,1H3,(H,24,27). The first kappa shape index (κ1) is 18.0. The molecule has 6 heteroatoms. The van der Waals surface area contributed by atoms with Crippen LogP contribution in [0.1, 0.15) is 25.3 Å². The molecule has 28 heavy (non-hydrogen) atoms. The number of aryl methyl sites for hydroxylation is 2. The summed E-state index contributed by atoms with van der Waals surface area (Å²) >= 11 is 0. The van der Waals surface area contributed by atoms with Crippen molar-refractivity contribution in [2.45, 2.75) is 32.7 Å². The SMILES string of the molecule is CCc1cccc(NC(=O)CCCn2c(=O)c3cccn3c3cccnc32)c1. The van der Waals surface area contributed by atoms with Crippen LogP contribution in [0.2, 0.25) is 0 Å². The van der Waals surface area contributed by atoms with Crippen LogP contribution in [0.25, 0.3) is 16.7 Å². The maximum absolute atomic E-state index is 12.8. The molecule has 0 unspecified atom stereocenters. The van der Waals surface area contributed by atoms with Crippen molar-refractivity contribution < 1.29 is 4.79 Å². The van der Waals surface area contributed by atoms with Gasteiger partial charge in [0.15, 0.2) is 5.65 Å². The van der Waals surface area contributed by atoms with Crippen LogP contribution < -0.4 is 10.9 Å². The van der Waals surface area contributed by atoms with Crippen LogP contribution in [-0.4, -0.2) is 19.9 Å². The van der Waals surface area contributed by atoms with Crippen LogP contribution in [0, 0.1) is 0 Å². The lowest BCUT2D eigenvalue weighted by Crippen LogP contribution is -2.24. The molecule has 142 valence electrons. The average Bonchev–Trinajstić information content (AvgIpc) is 3.21. The molecule has 1 aromatic carbocycles. The third-order valence-corrected chi connectivity index (χ3v) is 4.90.